The van der Waals surface area contributed by atoms with Crippen LogP contribution in [0.4, 0.5) is 4.39 Å². The molecule has 8 heteroatoms. The van der Waals surface area contributed by atoms with E-state index < -0.39 is 0 Å². The van der Waals surface area contributed by atoms with E-state index in [2.05, 4.69) is 20.5 Å². The van der Waals surface area contributed by atoms with Crippen molar-refractivity contribution in [3.05, 3.63) is 59.4 Å². The molecule has 0 bridgehead atoms. The molecule has 0 aromatic heterocycles. The maximum atomic E-state index is 13.9. The Morgan fingerprint density at radius 1 is 1.07 bits per heavy atom. The molecule has 0 saturated heterocycles. The molecule has 0 aliphatic heterocycles. The number of hydrogen-bond donors (Lipinski definition) is 2. The minimum absolute atomic E-state index is 0. The number of halogens is 2. The fourth-order valence-electron chi connectivity index (χ4n) is 2.98. The minimum Gasteiger partial charge on any atom is -0.493 e. The summed E-state index contributed by atoms with van der Waals surface area (Å²) in [5.74, 6) is 1.78. The van der Waals surface area contributed by atoms with Crippen molar-refractivity contribution in [3.63, 3.8) is 0 Å². The predicted octanol–water partition coefficient (Wildman–Crippen LogP) is 3.82. The van der Waals surface area contributed by atoms with Crippen molar-refractivity contribution in [2.75, 3.05) is 41.4 Å². The Balaban J connectivity index is 0.00000450. The van der Waals surface area contributed by atoms with Crippen molar-refractivity contribution in [1.82, 2.24) is 15.5 Å². The highest BCUT2D eigenvalue weighted by atomic mass is 127. The molecule has 0 amide bonds. The molecule has 0 aliphatic carbocycles. The Bertz CT molecular complexity index is 817. The van der Waals surface area contributed by atoms with E-state index in [0.717, 1.165) is 5.56 Å². The summed E-state index contributed by atoms with van der Waals surface area (Å²) in [6.07, 6.45) is 0. The van der Waals surface area contributed by atoms with Gasteiger partial charge in [-0.1, -0.05) is 24.3 Å². The van der Waals surface area contributed by atoms with E-state index in [-0.39, 0.29) is 42.4 Å². The molecular weight excluding hydrogens is 498 g/mol. The van der Waals surface area contributed by atoms with Crippen LogP contribution in [0.15, 0.2) is 47.5 Å². The molecule has 1 unspecified atom stereocenters. The average Bonchev–Trinajstić information content (AvgIpc) is 2.72. The van der Waals surface area contributed by atoms with Gasteiger partial charge in [0.2, 0.25) is 0 Å². The highest BCUT2D eigenvalue weighted by Gasteiger charge is 2.17. The van der Waals surface area contributed by atoms with Crippen molar-refractivity contribution >= 4 is 29.9 Å². The number of rotatable bonds is 9. The second-order valence-corrected chi connectivity index (χ2v) is 6.76. The van der Waals surface area contributed by atoms with Crippen LogP contribution in [-0.2, 0) is 6.54 Å². The van der Waals surface area contributed by atoms with Gasteiger partial charge in [0.05, 0.1) is 26.8 Å². The summed E-state index contributed by atoms with van der Waals surface area (Å²) in [6.45, 7) is 3.60. The molecule has 1 atom stereocenters. The van der Waals surface area contributed by atoms with Gasteiger partial charge >= 0.3 is 0 Å². The SMILES string of the molecule is CCNC(=NCc1ccccc1F)NCC(c1ccc(OC)c(OC)c1)N(C)C.I. The van der Waals surface area contributed by atoms with Crippen molar-refractivity contribution in [2.24, 2.45) is 4.99 Å². The van der Waals surface area contributed by atoms with Gasteiger partial charge in [-0.2, -0.15) is 0 Å². The topological polar surface area (TPSA) is 58.1 Å². The summed E-state index contributed by atoms with van der Waals surface area (Å²) in [5, 5.41) is 6.57. The lowest BCUT2D eigenvalue weighted by molar-refractivity contribution is 0.295. The van der Waals surface area contributed by atoms with Crippen LogP contribution in [0.1, 0.15) is 24.1 Å². The van der Waals surface area contributed by atoms with E-state index in [1.807, 2.05) is 45.3 Å². The second kappa shape index (κ2) is 13.3. The molecule has 0 radical (unpaired) electrons. The minimum atomic E-state index is -0.247. The summed E-state index contributed by atoms with van der Waals surface area (Å²) >= 11 is 0. The van der Waals surface area contributed by atoms with Crippen LogP contribution in [0, 0.1) is 5.82 Å². The maximum absolute atomic E-state index is 13.9. The van der Waals surface area contributed by atoms with Crippen LogP contribution in [0.25, 0.3) is 0 Å². The van der Waals surface area contributed by atoms with Gasteiger partial charge in [-0.25, -0.2) is 9.38 Å². The molecule has 2 N–H and O–H groups in total. The van der Waals surface area contributed by atoms with Gasteiger partial charge in [0.15, 0.2) is 17.5 Å². The summed E-state index contributed by atoms with van der Waals surface area (Å²) < 4.78 is 24.6. The number of hydrogen-bond acceptors (Lipinski definition) is 4. The summed E-state index contributed by atoms with van der Waals surface area (Å²) in [4.78, 5) is 6.64. The molecule has 166 valence electrons. The van der Waals surface area contributed by atoms with E-state index in [9.17, 15) is 4.39 Å². The Hall–Kier alpha value is -2.07. The number of nitrogens with one attached hydrogen (secondary N) is 2. The number of benzene rings is 2. The standard InChI is InChI=1S/C22H31FN4O2.HI/c1-6-24-22(25-14-17-9-7-8-10-18(17)23)26-15-19(27(2)3)16-11-12-20(28-4)21(13-16)29-5;/h7-13,19H,6,14-15H2,1-5H3,(H2,24,25,26);1H. The fraction of sp³-hybridized carbons (Fsp3) is 0.409. The third-order valence-electron chi connectivity index (χ3n) is 4.59. The van der Waals surface area contributed by atoms with Gasteiger partial charge in [0.25, 0.3) is 0 Å². The number of guanidine groups is 1. The molecule has 0 spiro atoms. The van der Waals surface area contributed by atoms with Crippen molar-refractivity contribution < 1.29 is 13.9 Å². The van der Waals surface area contributed by atoms with Gasteiger partial charge in [-0.3, -0.25) is 0 Å². The highest BCUT2D eigenvalue weighted by molar-refractivity contribution is 14.0. The van der Waals surface area contributed by atoms with Crippen molar-refractivity contribution in [2.45, 2.75) is 19.5 Å². The normalized spacial score (nSPS) is 12.2. The number of aliphatic imine (C=N–C) groups is 1. The summed E-state index contributed by atoms with van der Waals surface area (Å²) in [5.41, 5.74) is 1.65. The molecule has 2 rings (SSSR count). The summed E-state index contributed by atoms with van der Waals surface area (Å²) in [6, 6.07) is 12.7. The zero-order chi connectivity index (χ0) is 21.2. The summed E-state index contributed by atoms with van der Waals surface area (Å²) in [7, 11) is 7.29. The van der Waals surface area contributed by atoms with Crippen molar-refractivity contribution in [1.29, 1.82) is 0 Å². The highest BCUT2D eigenvalue weighted by Crippen LogP contribution is 2.31. The lowest BCUT2D eigenvalue weighted by atomic mass is 10.1. The molecule has 2 aromatic carbocycles. The fourth-order valence-corrected chi connectivity index (χ4v) is 2.98. The molecule has 6 nitrogen and oxygen atoms in total. The predicted molar refractivity (Wildman–Crippen MR) is 131 cm³/mol. The Morgan fingerprint density at radius 2 is 1.77 bits per heavy atom. The largest absolute Gasteiger partial charge is 0.493 e. The van der Waals surface area contributed by atoms with Crippen LogP contribution in [0.3, 0.4) is 0 Å². The van der Waals surface area contributed by atoms with Gasteiger partial charge in [-0.15, -0.1) is 24.0 Å². The molecule has 0 aliphatic rings. The number of ether oxygens (including phenoxy) is 2. The first-order valence-electron chi connectivity index (χ1n) is 9.64. The third kappa shape index (κ3) is 7.32. The Labute approximate surface area is 195 Å². The van der Waals surface area contributed by atoms with Crippen LogP contribution in [0.2, 0.25) is 0 Å². The van der Waals surface area contributed by atoms with E-state index in [0.29, 0.717) is 36.1 Å². The molecule has 2 aromatic rings. The van der Waals surface area contributed by atoms with Gasteiger partial charge in [-0.05, 0) is 44.8 Å². The van der Waals surface area contributed by atoms with Crippen LogP contribution in [0.5, 0.6) is 11.5 Å². The zero-order valence-corrected chi connectivity index (χ0v) is 20.6. The number of likely N-dealkylation sites (N-methyl/N-ethyl adjacent to an activating group) is 1. The smallest absolute Gasteiger partial charge is 0.191 e. The van der Waals surface area contributed by atoms with E-state index in [1.165, 1.54) is 6.07 Å². The van der Waals surface area contributed by atoms with Gasteiger partial charge in [0, 0.05) is 18.7 Å². The first-order chi connectivity index (χ1) is 14.0. The molecule has 30 heavy (non-hydrogen) atoms. The lowest BCUT2D eigenvalue weighted by Crippen LogP contribution is -2.41. The maximum Gasteiger partial charge on any atom is 0.191 e. The molecule has 0 saturated carbocycles. The van der Waals surface area contributed by atoms with Gasteiger partial charge < -0.3 is 25.0 Å². The van der Waals surface area contributed by atoms with Gasteiger partial charge in [0.1, 0.15) is 5.82 Å². The van der Waals surface area contributed by atoms with E-state index in [1.54, 1.807) is 26.4 Å². The van der Waals surface area contributed by atoms with Crippen molar-refractivity contribution in [3.8, 4) is 11.5 Å². The molecule has 0 heterocycles. The van der Waals surface area contributed by atoms with Crippen LogP contribution in [-0.4, -0.2) is 52.3 Å². The number of nitrogens with zero attached hydrogens (tertiary/aromatic N) is 2. The Kier molecular flexibility index (Phi) is 11.5. The monoisotopic (exact) mass is 530 g/mol. The third-order valence-corrected chi connectivity index (χ3v) is 4.59. The van der Waals surface area contributed by atoms with E-state index in [4.69, 9.17) is 9.47 Å². The van der Waals surface area contributed by atoms with Crippen LogP contribution >= 0.6 is 24.0 Å². The van der Waals surface area contributed by atoms with E-state index >= 15 is 0 Å². The lowest BCUT2D eigenvalue weighted by Gasteiger charge is -2.26. The molecule has 0 fully saturated rings. The zero-order valence-electron chi connectivity index (χ0n) is 18.2. The number of methoxy groups -OCH3 is 2. The average molecular weight is 530 g/mol. The van der Waals surface area contributed by atoms with Crippen LogP contribution < -0.4 is 20.1 Å². The second-order valence-electron chi connectivity index (χ2n) is 6.76. The Morgan fingerprint density at radius 3 is 2.37 bits per heavy atom. The first-order valence-corrected chi connectivity index (χ1v) is 9.64. The molecular formula is C22H32FIN4O2. The quantitative estimate of drug-likeness (QED) is 0.294. The first kappa shape index (κ1) is 26.0.